The van der Waals surface area contributed by atoms with Gasteiger partial charge in [-0.1, -0.05) is 6.07 Å². The molecule has 7 nitrogen and oxygen atoms in total. The number of aromatic nitrogens is 2. The van der Waals surface area contributed by atoms with Crippen LogP contribution >= 0.6 is 0 Å². The van der Waals surface area contributed by atoms with Crippen molar-refractivity contribution in [3.05, 3.63) is 57.5 Å². The van der Waals surface area contributed by atoms with Crippen LogP contribution in [-0.2, 0) is 10.9 Å². The van der Waals surface area contributed by atoms with Gasteiger partial charge in [-0.25, -0.2) is 4.68 Å². The highest BCUT2D eigenvalue weighted by Crippen LogP contribution is 2.30. The van der Waals surface area contributed by atoms with E-state index < -0.39 is 23.1 Å². The summed E-state index contributed by atoms with van der Waals surface area (Å²) in [5, 5.41) is 6.80. The molecule has 30 heavy (non-hydrogen) atoms. The highest BCUT2D eigenvalue weighted by Gasteiger charge is 2.30. The predicted molar refractivity (Wildman–Crippen MR) is 104 cm³/mol. The number of ether oxygens (including phenoxy) is 1. The van der Waals surface area contributed by atoms with Crippen molar-refractivity contribution in [2.45, 2.75) is 26.1 Å². The Hall–Kier alpha value is -2.72. The van der Waals surface area contributed by atoms with E-state index in [1.54, 1.807) is 0 Å². The molecule has 1 N–H and O–H groups in total. The third-order valence-electron chi connectivity index (χ3n) is 4.75. The first kappa shape index (κ1) is 22.0. The SMILES string of the molecule is Cc1cc(=O)c(C(=O)N[C@H](C)CN2CCOCC2)nn1-c1cccc(C(F)(F)F)c1. The van der Waals surface area contributed by atoms with Gasteiger partial charge in [0.1, 0.15) is 0 Å². The molecule has 2 aromatic rings. The zero-order valence-corrected chi connectivity index (χ0v) is 16.7. The Morgan fingerprint density at radius 1 is 1.27 bits per heavy atom. The van der Waals surface area contributed by atoms with Gasteiger partial charge in [0, 0.05) is 37.4 Å². The Morgan fingerprint density at radius 3 is 2.63 bits per heavy atom. The third-order valence-corrected chi connectivity index (χ3v) is 4.75. The van der Waals surface area contributed by atoms with E-state index in [1.165, 1.54) is 25.1 Å². The maximum atomic E-state index is 13.0. The molecule has 1 aromatic heterocycles. The molecule has 1 atom stereocenters. The van der Waals surface area contributed by atoms with E-state index in [0.717, 1.165) is 29.9 Å². The van der Waals surface area contributed by atoms with Crippen molar-refractivity contribution in [3.63, 3.8) is 0 Å². The Morgan fingerprint density at radius 2 is 1.97 bits per heavy atom. The first-order chi connectivity index (χ1) is 14.1. The van der Waals surface area contributed by atoms with Crippen molar-refractivity contribution in [1.82, 2.24) is 20.0 Å². The van der Waals surface area contributed by atoms with Crippen LogP contribution in [0.4, 0.5) is 13.2 Å². The van der Waals surface area contributed by atoms with E-state index in [4.69, 9.17) is 4.74 Å². The molecule has 1 fully saturated rings. The summed E-state index contributed by atoms with van der Waals surface area (Å²) in [4.78, 5) is 27.1. The second-order valence-electron chi connectivity index (χ2n) is 7.25. The van der Waals surface area contributed by atoms with Crippen molar-refractivity contribution in [2.24, 2.45) is 0 Å². The summed E-state index contributed by atoms with van der Waals surface area (Å²) in [5.41, 5.74) is -1.38. The average molecular weight is 424 g/mol. The third kappa shape index (κ3) is 5.25. The second-order valence-corrected chi connectivity index (χ2v) is 7.25. The molecule has 1 aliphatic rings. The number of amides is 1. The number of alkyl halides is 3. The van der Waals surface area contributed by atoms with Crippen molar-refractivity contribution < 1.29 is 22.7 Å². The molecule has 2 heterocycles. The summed E-state index contributed by atoms with van der Waals surface area (Å²) in [7, 11) is 0. The molecule has 0 spiro atoms. The lowest BCUT2D eigenvalue weighted by Gasteiger charge is -2.29. The second kappa shape index (κ2) is 8.97. The number of benzene rings is 1. The van der Waals surface area contributed by atoms with Crippen LogP contribution in [0.1, 0.15) is 28.7 Å². The molecule has 1 saturated heterocycles. The molecule has 0 saturated carbocycles. The van der Waals surface area contributed by atoms with E-state index >= 15 is 0 Å². The van der Waals surface area contributed by atoms with Crippen LogP contribution in [0.15, 0.2) is 35.1 Å². The number of nitrogens with one attached hydrogen (secondary N) is 1. The molecule has 1 amide bonds. The van der Waals surface area contributed by atoms with E-state index in [1.807, 2.05) is 6.92 Å². The Balaban J connectivity index is 1.82. The first-order valence-corrected chi connectivity index (χ1v) is 9.55. The number of carbonyl (C=O) groups is 1. The maximum Gasteiger partial charge on any atom is 0.416 e. The molecule has 10 heteroatoms. The normalized spacial score (nSPS) is 16.3. The van der Waals surface area contributed by atoms with Gasteiger partial charge in [-0.15, -0.1) is 0 Å². The molecular formula is C20H23F3N4O3. The minimum Gasteiger partial charge on any atom is -0.379 e. The van der Waals surface area contributed by atoms with Gasteiger partial charge in [-0.2, -0.15) is 18.3 Å². The predicted octanol–water partition coefficient (Wildman–Crippen LogP) is 2.01. The van der Waals surface area contributed by atoms with Crippen LogP contribution in [-0.4, -0.2) is 59.5 Å². The van der Waals surface area contributed by atoms with Crippen LogP contribution in [0.5, 0.6) is 0 Å². The summed E-state index contributed by atoms with van der Waals surface area (Å²) < 4.78 is 45.6. The van der Waals surface area contributed by atoms with Crippen LogP contribution in [0.2, 0.25) is 0 Å². The van der Waals surface area contributed by atoms with Gasteiger partial charge in [0.05, 0.1) is 24.5 Å². The average Bonchev–Trinajstić information content (AvgIpc) is 2.68. The van der Waals surface area contributed by atoms with E-state index in [9.17, 15) is 22.8 Å². The quantitative estimate of drug-likeness (QED) is 0.795. The summed E-state index contributed by atoms with van der Waals surface area (Å²) >= 11 is 0. The standard InChI is InChI=1S/C20H23F3N4O3/c1-13(12-26-6-8-30-9-7-26)24-19(29)18-17(28)10-14(2)27(25-18)16-5-3-4-15(11-16)20(21,22)23/h3-5,10-11,13H,6-9,12H2,1-2H3,(H,24,29)/t13-/m1/s1. The van der Waals surface area contributed by atoms with Gasteiger partial charge in [-0.05, 0) is 32.0 Å². The van der Waals surface area contributed by atoms with Crippen LogP contribution in [0, 0.1) is 6.92 Å². The molecule has 1 aliphatic heterocycles. The fraction of sp³-hybridized carbons (Fsp3) is 0.450. The lowest BCUT2D eigenvalue weighted by Crippen LogP contribution is -2.47. The summed E-state index contributed by atoms with van der Waals surface area (Å²) in [6.07, 6.45) is -4.52. The molecule has 0 aliphatic carbocycles. The summed E-state index contributed by atoms with van der Waals surface area (Å²) in [6.45, 7) is 6.70. The van der Waals surface area contributed by atoms with Crippen molar-refractivity contribution in [1.29, 1.82) is 0 Å². The summed E-state index contributed by atoms with van der Waals surface area (Å²) in [6, 6.07) is 5.49. The Bertz CT molecular complexity index is 968. The zero-order chi connectivity index (χ0) is 21.9. The number of halogens is 3. The Labute approximate surface area is 171 Å². The highest BCUT2D eigenvalue weighted by molar-refractivity contribution is 5.92. The topological polar surface area (TPSA) is 76.5 Å². The van der Waals surface area contributed by atoms with Gasteiger partial charge < -0.3 is 10.1 Å². The van der Waals surface area contributed by atoms with Gasteiger partial charge in [0.25, 0.3) is 5.91 Å². The molecule has 162 valence electrons. The number of carbonyl (C=O) groups excluding carboxylic acids is 1. The number of morpholine rings is 1. The number of hydrogen-bond acceptors (Lipinski definition) is 5. The molecule has 3 rings (SSSR count). The lowest BCUT2D eigenvalue weighted by molar-refractivity contribution is -0.137. The fourth-order valence-electron chi connectivity index (χ4n) is 3.29. The van der Waals surface area contributed by atoms with Crippen molar-refractivity contribution in [2.75, 3.05) is 32.8 Å². The zero-order valence-electron chi connectivity index (χ0n) is 16.7. The maximum absolute atomic E-state index is 13.0. The number of aryl methyl sites for hydroxylation is 1. The van der Waals surface area contributed by atoms with Gasteiger partial charge in [0.15, 0.2) is 5.69 Å². The fourth-order valence-corrected chi connectivity index (χ4v) is 3.29. The van der Waals surface area contributed by atoms with Crippen LogP contribution in [0.3, 0.4) is 0 Å². The molecule has 0 bridgehead atoms. The number of hydrogen-bond donors (Lipinski definition) is 1. The number of nitrogens with zero attached hydrogens (tertiary/aromatic N) is 3. The molecular weight excluding hydrogens is 401 g/mol. The molecule has 0 radical (unpaired) electrons. The van der Waals surface area contributed by atoms with E-state index in [0.29, 0.717) is 25.5 Å². The monoisotopic (exact) mass is 424 g/mol. The van der Waals surface area contributed by atoms with Crippen LogP contribution < -0.4 is 10.7 Å². The smallest absolute Gasteiger partial charge is 0.379 e. The van der Waals surface area contributed by atoms with Gasteiger partial charge in [-0.3, -0.25) is 14.5 Å². The lowest BCUT2D eigenvalue weighted by atomic mass is 10.2. The van der Waals surface area contributed by atoms with E-state index in [2.05, 4.69) is 15.3 Å². The van der Waals surface area contributed by atoms with Crippen molar-refractivity contribution in [3.8, 4) is 5.69 Å². The van der Waals surface area contributed by atoms with Crippen molar-refractivity contribution >= 4 is 5.91 Å². The minimum absolute atomic E-state index is 0.109. The Kier molecular flexibility index (Phi) is 6.57. The first-order valence-electron chi connectivity index (χ1n) is 9.55. The van der Waals surface area contributed by atoms with Gasteiger partial charge in [0.2, 0.25) is 5.43 Å². The van der Waals surface area contributed by atoms with E-state index in [-0.39, 0.29) is 17.4 Å². The summed E-state index contributed by atoms with van der Waals surface area (Å²) in [5.74, 6) is -0.665. The van der Waals surface area contributed by atoms with Crippen LogP contribution in [0.25, 0.3) is 5.69 Å². The minimum atomic E-state index is -4.52. The van der Waals surface area contributed by atoms with Gasteiger partial charge >= 0.3 is 6.18 Å². The number of rotatable bonds is 5. The largest absolute Gasteiger partial charge is 0.416 e. The molecule has 0 unspecified atom stereocenters. The molecule has 1 aromatic carbocycles. The highest BCUT2D eigenvalue weighted by atomic mass is 19.4.